The summed E-state index contributed by atoms with van der Waals surface area (Å²) in [7, 11) is 0. The van der Waals surface area contributed by atoms with Gasteiger partial charge < -0.3 is 20.1 Å². The minimum absolute atomic E-state index is 0.138. The van der Waals surface area contributed by atoms with Gasteiger partial charge in [-0.3, -0.25) is 0 Å². The Kier molecular flexibility index (Phi) is 5.95. The quantitative estimate of drug-likeness (QED) is 0.819. The number of hydrogen-bond acceptors (Lipinski definition) is 3. The second kappa shape index (κ2) is 7.95. The average molecular weight is 296 g/mol. The van der Waals surface area contributed by atoms with Gasteiger partial charge >= 0.3 is 6.03 Å². The van der Waals surface area contributed by atoms with Crippen molar-refractivity contribution in [2.45, 2.75) is 25.4 Å². The van der Waals surface area contributed by atoms with Crippen LogP contribution in [0.2, 0.25) is 0 Å². The van der Waals surface area contributed by atoms with E-state index in [0.717, 1.165) is 12.8 Å². The summed E-state index contributed by atoms with van der Waals surface area (Å²) in [5, 5.41) is 11.5. The minimum atomic E-state index is -0.325. The van der Waals surface area contributed by atoms with Crippen LogP contribution in [0.25, 0.3) is 0 Å². The minimum Gasteiger partial charge on any atom is -0.396 e. The standard InChI is InChI=1S/C15H21FN2O3/c16-12-2-4-13(5-3-12)17-15(20)18-8-6-14(7-9-18)21-11-1-10-19/h2-5,14,19H,1,6-11H2,(H,17,20). The predicted molar refractivity (Wildman–Crippen MR) is 77.7 cm³/mol. The fourth-order valence-electron chi connectivity index (χ4n) is 2.28. The Bertz CT molecular complexity index is 445. The van der Waals surface area contributed by atoms with Crippen LogP contribution in [0.3, 0.4) is 0 Å². The van der Waals surface area contributed by atoms with Gasteiger partial charge in [-0.2, -0.15) is 0 Å². The molecule has 5 nitrogen and oxygen atoms in total. The molecule has 1 fully saturated rings. The summed E-state index contributed by atoms with van der Waals surface area (Å²) in [5.74, 6) is -0.325. The van der Waals surface area contributed by atoms with Crippen LogP contribution in [0, 0.1) is 5.82 Å². The van der Waals surface area contributed by atoms with Crippen molar-refractivity contribution in [1.29, 1.82) is 0 Å². The van der Waals surface area contributed by atoms with E-state index in [9.17, 15) is 9.18 Å². The van der Waals surface area contributed by atoms with Crippen LogP contribution in [-0.4, -0.2) is 48.4 Å². The fourth-order valence-corrected chi connectivity index (χ4v) is 2.28. The Labute approximate surface area is 123 Å². The van der Waals surface area contributed by atoms with Gasteiger partial charge in [0.05, 0.1) is 6.10 Å². The topological polar surface area (TPSA) is 61.8 Å². The van der Waals surface area contributed by atoms with Gasteiger partial charge in [-0.15, -0.1) is 0 Å². The third kappa shape index (κ3) is 4.99. The summed E-state index contributed by atoms with van der Waals surface area (Å²) in [6.45, 7) is 1.97. The number of aliphatic hydroxyl groups is 1. The molecule has 1 heterocycles. The molecular weight excluding hydrogens is 275 g/mol. The van der Waals surface area contributed by atoms with Gasteiger partial charge in [0, 0.05) is 32.0 Å². The molecule has 0 atom stereocenters. The molecule has 2 amide bonds. The zero-order chi connectivity index (χ0) is 15.1. The molecular formula is C15H21FN2O3. The molecule has 116 valence electrons. The number of carbonyl (C=O) groups is 1. The number of nitrogens with one attached hydrogen (secondary N) is 1. The lowest BCUT2D eigenvalue weighted by Crippen LogP contribution is -2.43. The summed E-state index contributed by atoms with van der Waals surface area (Å²) >= 11 is 0. The van der Waals surface area contributed by atoms with Crippen LogP contribution in [0.4, 0.5) is 14.9 Å². The van der Waals surface area contributed by atoms with Crippen molar-refractivity contribution in [3.8, 4) is 0 Å². The summed E-state index contributed by atoms with van der Waals surface area (Å²) < 4.78 is 18.4. The van der Waals surface area contributed by atoms with Crippen molar-refractivity contribution in [3.63, 3.8) is 0 Å². The lowest BCUT2D eigenvalue weighted by atomic mass is 10.1. The van der Waals surface area contributed by atoms with Gasteiger partial charge in [-0.25, -0.2) is 9.18 Å². The molecule has 0 radical (unpaired) electrons. The van der Waals surface area contributed by atoms with Crippen molar-refractivity contribution in [3.05, 3.63) is 30.1 Å². The van der Waals surface area contributed by atoms with Crippen molar-refractivity contribution in [1.82, 2.24) is 4.90 Å². The first kappa shape index (κ1) is 15.7. The lowest BCUT2D eigenvalue weighted by molar-refractivity contribution is 0.0101. The van der Waals surface area contributed by atoms with Crippen LogP contribution >= 0.6 is 0 Å². The molecule has 1 saturated heterocycles. The molecule has 1 aliphatic rings. The summed E-state index contributed by atoms with van der Waals surface area (Å²) in [5.41, 5.74) is 0.586. The van der Waals surface area contributed by atoms with Crippen LogP contribution in [0.5, 0.6) is 0 Å². The highest BCUT2D eigenvalue weighted by atomic mass is 19.1. The highest BCUT2D eigenvalue weighted by molar-refractivity contribution is 5.89. The maximum absolute atomic E-state index is 12.8. The van der Waals surface area contributed by atoms with Crippen molar-refractivity contribution < 1.29 is 19.0 Å². The molecule has 0 bridgehead atoms. The number of aliphatic hydroxyl groups excluding tert-OH is 1. The molecule has 21 heavy (non-hydrogen) atoms. The van der Waals surface area contributed by atoms with Crippen LogP contribution in [0.15, 0.2) is 24.3 Å². The molecule has 2 N–H and O–H groups in total. The van der Waals surface area contributed by atoms with Crippen LogP contribution in [0.1, 0.15) is 19.3 Å². The lowest BCUT2D eigenvalue weighted by Gasteiger charge is -2.32. The SMILES string of the molecule is O=C(Nc1ccc(F)cc1)N1CCC(OCCCO)CC1. The number of ether oxygens (including phenoxy) is 1. The maximum atomic E-state index is 12.8. The Balaban J connectivity index is 1.74. The molecule has 0 unspecified atom stereocenters. The van der Waals surface area contributed by atoms with E-state index in [2.05, 4.69) is 5.32 Å². The number of carbonyl (C=O) groups excluding carboxylic acids is 1. The molecule has 1 aliphatic heterocycles. The summed E-state index contributed by atoms with van der Waals surface area (Å²) in [6, 6.07) is 5.54. The third-order valence-corrected chi connectivity index (χ3v) is 3.48. The monoisotopic (exact) mass is 296 g/mol. The first-order valence-electron chi connectivity index (χ1n) is 7.23. The first-order valence-corrected chi connectivity index (χ1v) is 7.23. The number of anilines is 1. The second-order valence-electron chi connectivity index (χ2n) is 5.07. The number of benzene rings is 1. The van der Waals surface area contributed by atoms with E-state index in [1.165, 1.54) is 24.3 Å². The van der Waals surface area contributed by atoms with E-state index < -0.39 is 0 Å². The van der Waals surface area contributed by atoms with Gasteiger partial charge in [0.1, 0.15) is 5.82 Å². The number of hydrogen-bond donors (Lipinski definition) is 2. The first-order chi connectivity index (χ1) is 10.2. The van der Waals surface area contributed by atoms with E-state index in [-0.39, 0.29) is 24.6 Å². The molecule has 0 aliphatic carbocycles. The van der Waals surface area contributed by atoms with E-state index in [0.29, 0.717) is 31.8 Å². The molecule has 2 rings (SSSR count). The molecule has 6 heteroatoms. The summed E-state index contributed by atoms with van der Waals surface area (Å²) in [6.07, 6.45) is 2.39. The average Bonchev–Trinajstić information content (AvgIpc) is 2.50. The van der Waals surface area contributed by atoms with Gasteiger partial charge in [-0.1, -0.05) is 0 Å². The molecule has 0 spiro atoms. The zero-order valence-electron chi connectivity index (χ0n) is 11.9. The van der Waals surface area contributed by atoms with Gasteiger partial charge in [0.2, 0.25) is 0 Å². The third-order valence-electron chi connectivity index (χ3n) is 3.48. The smallest absolute Gasteiger partial charge is 0.321 e. The normalized spacial score (nSPS) is 16.0. The Morgan fingerprint density at radius 2 is 2.00 bits per heavy atom. The number of likely N-dealkylation sites (tertiary alicyclic amines) is 1. The number of piperidine rings is 1. The van der Waals surface area contributed by atoms with E-state index in [4.69, 9.17) is 9.84 Å². The van der Waals surface area contributed by atoms with E-state index >= 15 is 0 Å². The van der Waals surface area contributed by atoms with Crippen molar-refractivity contribution in [2.75, 3.05) is 31.6 Å². The largest absolute Gasteiger partial charge is 0.396 e. The number of rotatable bonds is 5. The highest BCUT2D eigenvalue weighted by Gasteiger charge is 2.23. The van der Waals surface area contributed by atoms with Crippen LogP contribution in [-0.2, 0) is 4.74 Å². The molecule has 1 aromatic carbocycles. The van der Waals surface area contributed by atoms with Gasteiger partial charge in [-0.05, 0) is 43.5 Å². The van der Waals surface area contributed by atoms with Crippen LogP contribution < -0.4 is 5.32 Å². The van der Waals surface area contributed by atoms with Gasteiger partial charge in [0.15, 0.2) is 0 Å². The van der Waals surface area contributed by atoms with E-state index in [1.807, 2.05) is 0 Å². The van der Waals surface area contributed by atoms with E-state index in [1.54, 1.807) is 4.90 Å². The maximum Gasteiger partial charge on any atom is 0.321 e. The Hall–Kier alpha value is -1.66. The highest BCUT2D eigenvalue weighted by Crippen LogP contribution is 2.16. The molecule has 0 saturated carbocycles. The molecule has 1 aromatic rings. The predicted octanol–water partition coefficient (Wildman–Crippen LogP) is 2.22. The second-order valence-corrected chi connectivity index (χ2v) is 5.07. The van der Waals surface area contributed by atoms with Crippen molar-refractivity contribution >= 4 is 11.7 Å². The Morgan fingerprint density at radius 1 is 1.33 bits per heavy atom. The van der Waals surface area contributed by atoms with Gasteiger partial charge in [0.25, 0.3) is 0 Å². The zero-order valence-corrected chi connectivity index (χ0v) is 11.9. The summed E-state index contributed by atoms with van der Waals surface area (Å²) in [4.78, 5) is 13.8. The number of urea groups is 1. The Morgan fingerprint density at radius 3 is 2.62 bits per heavy atom. The molecule has 0 aromatic heterocycles. The number of nitrogens with zero attached hydrogens (tertiary/aromatic N) is 1. The van der Waals surface area contributed by atoms with Crippen molar-refractivity contribution in [2.24, 2.45) is 0 Å². The fraction of sp³-hybridized carbons (Fsp3) is 0.533. The number of halogens is 1. The number of amides is 2.